The second-order valence-corrected chi connectivity index (χ2v) is 8.34. The molecule has 2 aromatic rings. The smallest absolute Gasteiger partial charge is 0.251 e. The van der Waals surface area contributed by atoms with Gasteiger partial charge in [0.25, 0.3) is 5.56 Å². The van der Waals surface area contributed by atoms with Crippen LogP contribution in [0.5, 0.6) is 5.75 Å². The molecule has 28 heavy (non-hydrogen) atoms. The molecule has 1 aromatic carbocycles. The van der Waals surface area contributed by atoms with E-state index in [4.69, 9.17) is 16.3 Å². The molecule has 4 rings (SSSR count). The summed E-state index contributed by atoms with van der Waals surface area (Å²) in [6, 6.07) is 9.69. The van der Waals surface area contributed by atoms with Crippen molar-refractivity contribution in [3.8, 4) is 5.75 Å². The summed E-state index contributed by atoms with van der Waals surface area (Å²) in [6.45, 7) is 0. The summed E-state index contributed by atoms with van der Waals surface area (Å²) >= 11 is 6.37. The zero-order valence-electron chi connectivity index (χ0n) is 16.1. The van der Waals surface area contributed by atoms with Gasteiger partial charge in [-0.2, -0.15) is 0 Å². The maximum Gasteiger partial charge on any atom is 0.251 e. The number of aromatic nitrogens is 1. The van der Waals surface area contributed by atoms with Gasteiger partial charge in [0, 0.05) is 16.8 Å². The standard InChI is InChI=1S/C23H26ClNO3/c1-28-22-11-6-16(13-20(22)24)19(12-14-2-7-17(26)8-3-14)21-10-9-18(15-4-5-15)23(27)25-21/h6,9-15,17,26H,2-5,7-8H2,1H3,(H,25,27)/t14-,17+. The Morgan fingerprint density at radius 2 is 1.89 bits per heavy atom. The van der Waals surface area contributed by atoms with Crippen LogP contribution in [0.1, 0.15) is 61.3 Å². The predicted molar refractivity (Wildman–Crippen MR) is 112 cm³/mol. The first-order valence-corrected chi connectivity index (χ1v) is 10.4. The van der Waals surface area contributed by atoms with Crippen LogP contribution in [-0.4, -0.2) is 23.3 Å². The van der Waals surface area contributed by atoms with E-state index in [9.17, 15) is 9.90 Å². The number of H-pyrrole nitrogens is 1. The first kappa shape index (κ1) is 19.3. The van der Waals surface area contributed by atoms with Gasteiger partial charge in [-0.1, -0.05) is 29.8 Å². The van der Waals surface area contributed by atoms with Crippen molar-refractivity contribution in [1.29, 1.82) is 0 Å². The molecule has 2 saturated carbocycles. The van der Waals surface area contributed by atoms with Crippen LogP contribution in [0, 0.1) is 5.92 Å². The first-order chi connectivity index (χ1) is 13.5. The summed E-state index contributed by atoms with van der Waals surface area (Å²) in [5.41, 5.74) is 3.63. The lowest BCUT2D eigenvalue weighted by Gasteiger charge is -2.24. The number of allylic oxidation sites excluding steroid dienone is 1. The number of benzene rings is 1. The number of halogens is 1. The van der Waals surface area contributed by atoms with Crippen molar-refractivity contribution >= 4 is 17.2 Å². The van der Waals surface area contributed by atoms with E-state index in [1.54, 1.807) is 7.11 Å². The van der Waals surface area contributed by atoms with Crippen molar-refractivity contribution in [2.45, 2.75) is 50.5 Å². The fraction of sp³-hybridized carbons (Fsp3) is 0.435. The molecule has 0 saturated heterocycles. The van der Waals surface area contributed by atoms with Crippen LogP contribution in [0.15, 0.2) is 41.2 Å². The molecule has 4 nitrogen and oxygen atoms in total. The molecule has 5 heteroatoms. The Morgan fingerprint density at radius 1 is 1.14 bits per heavy atom. The number of aromatic amines is 1. The van der Waals surface area contributed by atoms with E-state index < -0.39 is 0 Å². The van der Waals surface area contributed by atoms with Crippen LogP contribution in [0.3, 0.4) is 0 Å². The Hall–Kier alpha value is -2.04. The number of hydrogen-bond donors (Lipinski definition) is 2. The maximum atomic E-state index is 12.6. The van der Waals surface area contributed by atoms with Crippen LogP contribution in [0.2, 0.25) is 5.02 Å². The normalized spacial score (nSPS) is 22.9. The highest BCUT2D eigenvalue weighted by Crippen LogP contribution is 2.39. The molecule has 2 aliphatic carbocycles. The first-order valence-electron chi connectivity index (χ1n) is 10.0. The molecular formula is C23H26ClNO3. The van der Waals surface area contributed by atoms with E-state index in [-0.39, 0.29) is 11.7 Å². The third-order valence-electron chi connectivity index (χ3n) is 5.85. The number of methoxy groups -OCH3 is 1. The zero-order valence-corrected chi connectivity index (χ0v) is 16.8. The number of aliphatic hydroxyl groups is 1. The van der Waals surface area contributed by atoms with Gasteiger partial charge < -0.3 is 14.8 Å². The minimum absolute atomic E-state index is 0.00424. The third-order valence-corrected chi connectivity index (χ3v) is 6.15. The molecule has 0 amide bonds. The molecule has 1 aromatic heterocycles. The average Bonchev–Trinajstić information content (AvgIpc) is 3.52. The largest absolute Gasteiger partial charge is 0.495 e. The molecule has 2 fully saturated rings. The molecule has 0 radical (unpaired) electrons. The molecule has 1 heterocycles. The van der Waals surface area contributed by atoms with Gasteiger partial charge in [-0.25, -0.2) is 0 Å². The molecule has 0 spiro atoms. The van der Waals surface area contributed by atoms with E-state index in [2.05, 4.69) is 11.1 Å². The number of ether oxygens (including phenoxy) is 1. The van der Waals surface area contributed by atoms with Crippen LogP contribution < -0.4 is 10.3 Å². The molecule has 0 atom stereocenters. The minimum atomic E-state index is -0.193. The Morgan fingerprint density at radius 3 is 2.50 bits per heavy atom. The summed E-state index contributed by atoms with van der Waals surface area (Å²) < 4.78 is 5.28. The van der Waals surface area contributed by atoms with E-state index in [1.807, 2.05) is 30.3 Å². The summed E-state index contributed by atoms with van der Waals surface area (Å²) in [7, 11) is 1.60. The van der Waals surface area contributed by atoms with Gasteiger partial charge in [-0.3, -0.25) is 4.79 Å². The lowest BCUT2D eigenvalue weighted by Crippen LogP contribution is -2.18. The fourth-order valence-electron chi connectivity index (χ4n) is 4.04. The molecule has 0 aliphatic heterocycles. The van der Waals surface area contributed by atoms with Crippen LogP contribution in [0.4, 0.5) is 0 Å². The highest BCUT2D eigenvalue weighted by atomic mass is 35.5. The molecule has 0 bridgehead atoms. The van der Waals surface area contributed by atoms with Gasteiger partial charge in [-0.05, 0) is 74.1 Å². The lowest BCUT2D eigenvalue weighted by molar-refractivity contribution is 0.118. The third kappa shape index (κ3) is 4.18. The molecule has 0 unspecified atom stereocenters. The Kier molecular flexibility index (Phi) is 5.61. The number of aliphatic hydroxyl groups excluding tert-OH is 1. The van der Waals surface area contributed by atoms with Gasteiger partial charge in [-0.15, -0.1) is 0 Å². The van der Waals surface area contributed by atoms with Gasteiger partial charge in [0.15, 0.2) is 0 Å². The maximum absolute atomic E-state index is 12.6. The van der Waals surface area contributed by atoms with E-state index in [0.29, 0.717) is 22.6 Å². The Labute approximate surface area is 170 Å². The van der Waals surface area contributed by atoms with Gasteiger partial charge in [0.2, 0.25) is 0 Å². The quantitative estimate of drug-likeness (QED) is 0.751. The van der Waals surface area contributed by atoms with Crippen LogP contribution >= 0.6 is 11.6 Å². The Bertz CT molecular complexity index is 937. The lowest BCUT2D eigenvalue weighted by atomic mass is 9.85. The van der Waals surface area contributed by atoms with Crippen molar-refractivity contribution in [1.82, 2.24) is 4.98 Å². The molecule has 2 aliphatic rings. The fourth-order valence-corrected chi connectivity index (χ4v) is 4.29. The van der Waals surface area contributed by atoms with Crippen LogP contribution in [-0.2, 0) is 0 Å². The summed E-state index contributed by atoms with van der Waals surface area (Å²) in [5, 5.41) is 10.4. The Balaban J connectivity index is 1.74. The average molecular weight is 400 g/mol. The number of nitrogens with one attached hydrogen (secondary N) is 1. The topological polar surface area (TPSA) is 62.3 Å². The highest BCUT2D eigenvalue weighted by Gasteiger charge is 2.26. The molecule has 148 valence electrons. The van der Waals surface area contributed by atoms with E-state index >= 15 is 0 Å². The molecular weight excluding hydrogens is 374 g/mol. The van der Waals surface area contributed by atoms with Crippen molar-refractivity contribution < 1.29 is 9.84 Å². The summed E-state index contributed by atoms with van der Waals surface area (Å²) in [6.07, 6.45) is 7.75. The predicted octanol–water partition coefficient (Wildman–Crippen LogP) is 4.90. The van der Waals surface area contributed by atoms with Crippen molar-refractivity contribution in [2.75, 3.05) is 7.11 Å². The highest BCUT2D eigenvalue weighted by molar-refractivity contribution is 6.32. The molecule has 2 N–H and O–H groups in total. The van der Waals surface area contributed by atoms with Gasteiger partial charge in [0.1, 0.15) is 5.75 Å². The van der Waals surface area contributed by atoms with Gasteiger partial charge >= 0.3 is 0 Å². The van der Waals surface area contributed by atoms with Gasteiger partial charge in [0.05, 0.1) is 18.2 Å². The minimum Gasteiger partial charge on any atom is -0.495 e. The second-order valence-electron chi connectivity index (χ2n) is 7.93. The van der Waals surface area contributed by atoms with E-state index in [1.165, 1.54) is 0 Å². The number of rotatable bonds is 5. The van der Waals surface area contributed by atoms with E-state index in [0.717, 1.165) is 60.9 Å². The zero-order chi connectivity index (χ0) is 19.7. The summed E-state index contributed by atoms with van der Waals surface area (Å²) in [5.74, 6) is 1.41. The van der Waals surface area contributed by atoms with Crippen molar-refractivity contribution in [3.63, 3.8) is 0 Å². The van der Waals surface area contributed by atoms with Crippen LogP contribution in [0.25, 0.3) is 5.57 Å². The summed E-state index contributed by atoms with van der Waals surface area (Å²) in [4.78, 5) is 15.7. The SMILES string of the molecule is COc1ccc(C(=C[C@H]2CC[C@@H](O)CC2)c2ccc(C3CC3)c(=O)[nH]2)cc1Cl. The second kappa shape index (κ2) is 8.14. The number of pyridine rings is 1. The van der Waals surface area contributed by atoms with Crippen molar-refractivity contribution in [2.24, 2.45) is 5.92 Å². The van der Waals surface area contributed by atoms with Crippen molar-refractivity contribution in [3.05, 3.63) is 68.6 Å². The monoisotopic (exact) mass is 399 g/mol. The number of hydrogen-bond acceptors (Lipinski definition) is 3.